The second-order valence-electron chi connectivity index (χ2n) is 6.61. The molecule has 1 saturated carbocycles. The van der Waals surface area contributed by atoms with Gasteiger partial charge in [-0.1, -0.05) is 13.8 Å². The van der Waals surface area contributed by atoms with Gasteiger partial charge in [-0.15, -0.1) is 0 Å². The van der Waals surface area contributed by atoms with Gasteiger partial charge in [-0.3, -0.25) is 4.79 Å². The minimum atomic E-state index is -0.808. The third kappa shape index (κ3) is 2.71. The van der Waals surface area contributed by atoms with E-state index >= 15 is 0 Å². The summed E-state index contributed by atoms with van der Waals surface area (Å²) >= 11 is 0. The van der Waals surface area contributed by atoms with Crippen LogP contribution >= 0.6 is 0 Å². The number of ether oxygens (including phenoxy) is 2. The summed E-state index contributed by atoms with van der Waals surface area (Å²) in [5.74, 6) is 0.479. The molecule has 1 saturated heterocycles. The number of rotatable bonds is 5. The predicted octanol–water partition coefficient (Wildman–Crippen LogP) is 1.06. The Morgan fingerprint density at radius 1 is 1.40 bits per heavy atom. The summed E-state index contributed by atoms with van der Waals surface area (Å²) in [7, 11) is 0. The van der Waals surface area contributed by atoms with Gasteiger partial charge in [-0.05, 0) is 25.7 Å². The molecule has 2 atom stereocenters. The Morgan fingerprint density at radius 2 is 2.05 bits per heavy atom. The monoisotopic (exact) mass is 284 g/mol. The van der Waals surface area contributed by atoms with Gasteiger partial charge >= 0.3 is 0 Å². The van der Waals surface area contributed by atoms with Crippen molar-refractivity contribution >= 4 is 5.91 Å². The van der Waals surface area contributed by atoms with E-state index in [1.165, 1.54) is 0 Å². The van der Waals surface area contributed by atoms with Gasteiger partial charge in [0.15, 0.2) is 0 Å². The molecule has 0 aromatic rings. The summed E-state index contributed by atoms with van der Waals surface area (Å²) in [5.41, 5.74) is 5.22. The van der Waals surface area contributed by atoms with Crippen LogP contribution in [0.1, 0.15) is 40.0 Å². The van der Waals surface area contributed by atoms with Crippen molar-refractivity contribution in [2.75, 3.05) is 26.4 Å². The molecule has 116 valence electrons. The summed E-state index contributed by atoms with van der Waals surface area (Å²) in [4.78, 5) is 12.4. The molecule has 0 spiro atoms. The average Bonchev–Trinajstić information content (AvgIpc) is 2.45. The van der Waals surface area contributed by atoms with Gasteiger partial charge in [0.25, 0.3) is 0 Å². The zero-order valence-electron chi connectivity index (χ0n) is 12.9. The van der Waals surface area contributed by atoms with Crippen molar-refractivity contribution in [2.24, 2.45) is 17.1 Å². The summed E-state index contributed by atoms with van der Waals surface area (Å²) in [6, 6.07) is 0. The van der Waals surface area contributed by atoms with Gasteiger partial charge in [0.05, 0.1) is 6.10 Å². The van der Waals surface area contributed by atoms with E-state index in [4.69, 9.17) is 15.2 Å². The number of amides is 1. The maximum absolute atomic E-state index is 12.4. The highest BCUT2D eigenvalue weighted by molar-refractivity contribution is 5.88. The predicted molar refractivity (Wildman–Crippen MR) is 77.3 cm³/mol. The first-order valence-electron chi connectivity index (χ1n) is 7.68. The molecule has 2 rings (SSSR count). The molecule has 2 unspecified atom stereocenters. The molecule has 20 heavy (non-hydrogen) atoms. The lowest BCUT2D eigenvalue weighted by molar-refractivity contribution is -0.170. The first kappa shape index (κ1) is 15.7. The molecule has 1 aliphatic heterocycles. The molecular formula is C15H28N2O3. The second kappa shape index (κ2) is 6.00. The quantitative estimate of drug-likeness (QED) is 0.792. The van der Waals surface area contributed by atoms with E-state index in [0.717, 1.165) is 26.1 Å². The molecule has 1 aliphatic carbocycles. The van der Waals surface area contributed by atoms with Gasteiger partial charge in [0.1, 0.15) is 5.54 Å². The van der Waals surface area contributed by atoms with E-state index < -0.39 is 5.54 Å². The normalized spacial score (nSPS) is 33.5. The first-order chi connectivity index (χ1) is 9.41. The SMILES string of the molecule is CCOC1CC(N)(C(=O)NCC2CCOCC2)C1(C)C. The van der Waals surface area contributed by atoms with E-state index in [1.807, 2.05) is 20.8 Å². The zero-order chi connectivity index (χ0) is 14.8. The molecule has 0 aromatic carbocycles. The number of hydrogen-bond donors (Lipinski definition) is 2. The fourth-order valence-corrected chi connectivity index (χ4v) is 3.17. The summed E-state index contributed by atoms with van der Waals surface area (Å²) < 4.78 is 11.0. The lowest BCUT2D eigenvalue weighted by Gasteiger charge is -2.57. The van der Waals surface area contributed by atoms with Crippen molar-refractivity contribution in [3.8, 4) is 0 Å². The largest absolute Gasteiger partial charge is 0.381 e. The Morgan fingerprint density at radius 3 is 2.60 bits per heavy atom. The highest BCUT2D eigenvalue weighted by atomic mass is 16.5. The van der Waals surface area contributed by atoms with Gasteiger partial charge < -0.3 is 20.5 Å². The number of nitrogens with one attached hydrogen (secondary N) is 1. The smallest absolute Gasteiger partial charge is 0.240 e. The Balaban J connectivity index is 1.85. The standard InChI is InChI=1S/C15H28N2O3/c1-4-20-12-9-15(16,14(12,2)3)13(18)17-10-11-5-7-19-8-6-11/h11-12H,4-10,16H2,1-3H3,(H,17,18). The molecule has 1 heterocycles. The minimum absolute atomic E-state index is 0.0371. The van der Waals surface area contributed by atoms with Crippen LogP contribution in [0.3, 0.4) is 0 Å². The number of carbonyl (C=O) groups excluding carboxylic acids is 1. The molecule has 2 aliphatic rings. The van der Waals surface area contributed by atoms with Gasteiger partial charge in [0.2, 0.25) is 5.91 Å². The molecule has 3 N–H and O–H groups in total. The van der Waals surface area contributed by atoms with Crippen LogP contribution in [0, 0.1) is 11.3 Å². The number of carbonyl (C=O) groups is 1. The van der Waals surface area contributed by atoms with E-state index in [9.17, 15) is 4.79 Å². The van der Waals surface area contributed by atoms with E-state index in [2.05, 4.69) is 5.32 Å². The van der Waals surface area contributed by atoms with Crippen LogP contribution in [-0.4, -0.2) is 43.9 Å². The Bertz CT molecular complexity index is 353. The topological polar surface area (TPSA) is 73.6 Å². The molecule has 1 amide bonds. The summed E-state index contributed by atoms with van der Waals surface area (Å²) in [5, 5.41) is 3.04. The minimum Gasteiger partial charge on any atom is -0.381 e. The van der Waals surface area contributed by atoms with Crippen molar-refractivity contribution in [1.82, 2.24) is 5.32 Å². The van der Waals surface area contributed by atoms with Crippen LogP contribution in [-0.2, 0) is 14.3 Å². The van der Waals surface area contributed by atoms with Crippen LogP contribution in [0.25, 0.3) is 0 Å². The molecule has 2 fully saturated rings. The number of nitrogens with two attached hydrogens (primary N) is 1. The van der Waals surface area contributed by atoms with Crippen molar-refractivity contribution in [1.29, 1.82) is 0 Å². The van der Waals surface area contributed by atoms with Crippen LogP contribution in [0.2, 0.25) is 0 Å². The average molecular weight is 284 g/mol. The summed E-state index contributed by atoms with van der Waals surface area (Å²) in [6.07, 6.45) is 2.71. The fourth-order valence-electron chi connectivity index (χ4n) is 3.17. The molecule has 0 radical (unpaired) electrons. The highest BCUT2D eigenvalue weighted by Gasteiger charge is 2.62. The van der Waals surface area contributed by atoms with Crippen LogP contribution in [0.15, 0.2) is 0 Å². The van der Waals surface area contributed by atoms with Crippen molar-refractivity contribution in [2.45, 2.75) is 51.7 Å². The molecule has 5 heteroatoms. The lowest BCUT2D eigenvalue weighted by atomic mass is 9.54. The maximum Gasteiger partial charge on any atom is 0.240 e. The van der Waals surface area contributed by atoms with Gasteiger partial charge in [-0.25, -0.2) is 0 Å². The highest BCUT2D eigenvalue weighted by Crippen LogP contribution is 2.49. The van der Waals surface area contributed by atoms with Crippen molar-refractivity contribution < 1.29 is 14.3 Å². The van der Waals surface area contributed by atoms with Crippen molar-refractivity contribution in [3.63, 3.8) is 0 Å². The fraction of sp³-hybridized carbons (Fsp3) is 0.933. The van der Waals surface area contributed by atoms with Gasteiger partial charge in [0, 0.05) is 38.2 Å². The Kier molecular flexibility index (Phi) is 4.72. The molecule has 5 nitrogen and oxygen atoms in total. The van der Waals surface area contributed by atoms with E-state index in [0.29, 0.717) is 25.5 Å². The Hall–Kier alpha value is -0.650. The molecular weight excluding hydrogens is 256 g/mol. The van der Waals surface area contributed by atoms with Crippen molar-refractivity contribution in [3.05, 3.63) is 0 Å². The van der Waals surface area contributed by atoms with Crippen LogP contribution in [0.5, 0.6) is 0 Å². The van der Waals surface area contributed by atoms with E-state index in [-0.39, 0.29) is 17.4 Å². The zero-order valence-corrected chi connectivity index (χ0v) is 12.9. The van der Waals surface area contributed by atoms with Crippen LogP contribution < -0.4 is 11.1 Å². The third-order valence-corrected chi connectivity index (χ3v) is 5.13. The van der Waals surface area contributed by atoms with Crippen LogP contribution in [0.4, 0.5) is 0 Å². The third-order valence-electron chi connectivity index (χ3n) is 5.13. The number of hydrogen-bond acceptors (Lipinski definition) is 4. The Labute approximate surface area is 121 Å². The second-order valence-corrected chi connectivity index (χ2v) is 6.61. The van der Waals surface area contributed by atoms with E-state index in [1.54, 1.807) is 0 Å². The molecule has 0 aromatic heterocycles. The molecule has 0 bridgehead atoms. The lowest BCUT2D eigenvalue weighted by Crippen LogP contribution is -2.75. The summed E-state index contributed by atoms with van der Waals surface area (Å²) in [6.45, 7) is 8.97. The maximum atomic E-state index is 12.4. The first-order valence-corrected chi connectivity index (χ1v) is 7.68. The van der Waals surface area contributed by atoms with Gasteiger partial charge in [-0.2, -0.15) is 0 Å².